The summed E-state index contributed by atoms with van der Waals surface area (Å²) < 4.78 is 28.6. The molecule has 1 spiro atoms. The second-order valence-electron chi connectivity index (χ2n) is 11.5. The van der Waals surface area contributed by atoms with Gasteiger partial charge in [-0.2, -0.15) is 0 Å². The van der Waals surface area contributed by atoms with Crippen molar-refractivity contribution in [1.29, 1.82) is 0 Å². The van der Waals surface area contributed by atoms with E-state index in [0.29, 0.717) is 58.7 Å². The molecule has 12 heteroatoms. The van der Waals surface area contributed by atoms with Crippen molar-refractivity contribution in [1.82, 2.24) is 4.98 Å². The largest absolute Gasteiger partial charge is 0.496 e. The molecule has 1 saturated carbocycles. The molecule has 1 aliphatic carbocycles. The predicted octanol–water partition coefficient (Wildman–Crippen LogP) is 4.71. The fourth-order valence-electron chi connectivity index (χ4n) is 6.30. The highest BCUT2D eigenvalue weighted by Gasteiger charge is 2.63. The van der Waals surface area contributed by atoms with Crippen LogP contribution in [0.3, 0.4) is 0 Å². The van der Waals surface area contributed by atoms with Gasteiger partial charge in [0.1, 0.15) is 35.1 Å². The maximum Gasteiger partial charge on any atom is 0.309 e. The number of anilines is 1. The van der Waals surface area contributed by atoms with Crippen LogP contribution in [0.4, 0.5) is 5.00 Å². The van der Waals surface area contributed by atoms with E-state index in [1.165, 1.54) is 30.7 Å². The summed E-state index contributed by atoms with van der Waals surface area (Å²) in [6.45, 7) is 4.09. The smallest absolute Gasteiger partial charge is 0.309 e. The number of rotatable bonds is 10. The molecule has 1 aromatic carbocycles. The summed E-state index contributed by atoms with van der Waals surface area (Å²) in [6, 6.07) is 7.53. The Morgan fingerprint density at radius 2 is 1.93 bits per heavy atom. The molecular weight excluding hydrogens is 588 g/mol. The minimum atomic E-state index is -1.43. The van der Waals surface area contributed by atoms with E-state index < -0.39 is 23.4 Å². The van der Waals surface area contributed by atoms with Crippen LogP contribution in [0.5, 0.6) is 5.75 Å². The number of para-hydroxylation sites is 1. The molecule has 4 heterocycles. The molecule has 2 fully saturated rings. The molecule has 3 aromatic rings. The van der Waals surface area contributed by atoms with Crippen LogP contribution in [0.25, 0.3) is 10.8 Å². The predicted molar refractivity (Wildman–Crippen MR) is 159 cm³/mol. The third kappa shape index (κ3) is 5.35. The molecule has 3 aliphatic rings. The van der Waals surface area contributed by atoms with Gasteiger partial charge in [0.2, 0.25) is 11.8 Å². The molecule has 2 aromatic heterocycles. The third-order valence-corrected chi connectivity index (χ3v) is 9.92. The van der Waals surface area contributed by atoms with Crippen LogP contribution in [0.2, 0.25) is 0 Å². The maximum atomic E-state index is 14.5. The number of Topliss-reactive ketones (excluding diaryl/α,β-unsaturated/α-hetero) is 2. The first-order valence-electron chi connectivity index (χ1n) is 14.7. The summed E-state index contributed by atoms with van der Waals surface area (Å²) in [5.41, 5.74) is 0.429. The molecule has 1 saturated heterocycles. The molecule has 0 N–H and O–H groups in total. The van der Waals surface area contributed by atoms with E-state index in [-0.39, 0.29) is 49.6 Å². The molecule has 2 aliphatic heterocycles. The fraction of sp³-hybridized carbons (Fsp3) is 0.469. The lowest BCUT2D eigenvalue weighted by Crippen LogP contribution is -2.60. The number of amides is 1. The van der Waals surface area contributed by atoms with E-state index in [9.17, 15) is 19.2 Å². The van der Waals surface area contributed by atoms with Crippen LogP contribution in [-0.2, 0) is 28.6 Å². The summed E-state index contributed by atoms with van der Waals surface area (Å²) >= 11 is 1.27. The van der Waals surface area contributed by atoms with Crippen molar-refractivity contribution in [2.24, 2.45) is 11.3 Å². The number of oxazole rings is 1. The summed E-state index contributed by atoms with van der Waals surface area (Å²) in [5.74, 6) is -1.26. The summed E-state index contributed by atoms with van der Waals surface area (Å²) in [7, 11) is 1.59. The van der Waals surface area contributed by atoms with Crippen LogP contribution in [0.15, 0.2) is 41.1 Å². The summed E-state index contributed by atoms with van der Waals surface area (Å²) in [4.78, 5) is 59.4. The minimum absolute atomic E-state index is 0.00110. The van der Waals surface area contributed by atoms with E-state index in [4.69, 9.17) is 23.4 Å². The van der Waals surface area contributed by atoms with Gasteiger partial charge in [-0.25, -0.2) is 4.98 Å². The molecule has 0 radical (unpaired) electrons. The van der Waals surface area contributed by atoms with Gasteiger partial charge >= 0.3 is 5.97 Å². The summed E-state index contributed by atoms with van der Waals surface area (Å²) in [6.07, 6.45) is 3.74. The number of ether oxygens (including phenoxy) is 4. The number of carbonyl (C=O) groups is 4. The molecule has 0 unspecified atom stereocenters. The van der Waals surface area contributed by atoms with E-state index in [0.717, 1.165) is 5.56 Å². The Kier molecular flexibility index (Phi) is 8.40. The van der Waals surface area contributed by atoms with Crippen molar-refractivity contribution < 1.29 is 42.5 Å². The zero-order valence-electron chi connectivity index (χ0n) is 24.8. The molecule has 44 heavy (non-hydrogen) atoms. The van der Waals surface area contributed by atoms with Crippen LogP contribution >= 0.6 is 11.3 Å². The monoisotopic (exact) mass is 622 g/mol. The SMILES string of the molecule is COc1ccccc1[C@H](CN1C(=O)C2(CC(C(=O)OCC(C)=O)C2)C(=O)c2c1sc(-c1ncco1)c2C)OC1CCOCC1. The Morgan fingerprint density at radius 3 is 2.61 bits per heavy atom. The van der Waals surface area contributed by atoms with Gasteiger partial charge < -0.3 is 23.4 Å². The highest BCUT2D eigenvalue weighted by Crippen LogP contribution is 2.57. The van der Waals surface area contributed by atoms with Gasteiger partial charge in [0, 0.05) is 18.8 Å². The number of fused-ring (bicyclic) bond motifs is 1. The quantitative estimate of drug-likeness (QED) is 0.231. The van der Waals surface area contributed by atoms with E-state index in [1.54, 1.807) is 12.0 Å². The van der Waals surface area contributed by atoms with Crippen molar-refractivity contribution in [3.63, 3.8) is 0 Å². The molecule has 232 valence electrons. The molecule has 6 rings (SSSR count). The average molecular weight is 623 g/mol. The van der Waals surface area contributed by atoms with Gasteiger partial charge in [-0.1, -0.05) is 18.2 Å². The van der Waals surface area contributed by atoms with Crippen molar-refractivity contribution >= 4 is 39.8 Å². The molecule has 1 amide bonds. The number of thiophene rings is 1. The zero-order valence-corrected chi connectivity index (χ0v) is 25.6. The van der Waals surface area contributed by atoms with Crippen molar-refractivity contribution in [3.05, 3.63) is 53.4 Å². The first-order chi connectivity index (χ1) is 21.2. The van der Waals surface area contributed by atoms with E-state index in [1.807, 2.05) is 31.2 Å². The second-order valence-corrected chi connectivity index (χ2v) is 12.5. The minimum Gasteiger partial charge on any atom is -0.496 e. The van der Waals surface area contributed by atoms with Crippen LogP contribution in [0.1, 0.15) is 60.2 Å². The maximum absolute atomic E-state index is 14.5. The Hall–Kier alpha value is -3.87. The number of hydrogen-bond donors (Lipinski definition) is 0. The zero-order chi connectivity index (χ0) is 31.0. The Bertz CT molecular complexity index is 1570. The van der Waals surface area contributed by atoms with Crippen LogP contribution < -0.4 is 9.64 Å². The lowest BCUT2D eigenvalue weighted by atomic mass is 9.56. The van der Waals surface area contributed by atoms with Gasteiger partial charge in [-0.05, 0) is 51.2 Å². The van der Waals surface area contributed by atoms with Gasteiger partial charge in [0.15, 0.2) is 11.6 Å². The van der Waals surface area contributed by atoms with Gasteiger partial charge in [-0.15, -0.1) is 11.3 Å². The van der Waals surface area contributed by atoms with Gasteiger partial charge in [-0.3, -0.25) is 24.1 Å². The van der Waals surface area contributed by atoms with Crippen LogP contribution in [0, 0.1) is 18.3 Å². The lowest BCUT2D eigenvalue weighted by molar-refractivity contribution is -0.160. The Balaban J connectivity index is 1.40. The number of methoxy groups -OCH3 is 1. The molecular formula is C32H34N2O9S. The molecule has 11 nitrogen and oxygen atoms in total. The summed E-state index contributed by atoms with van der Waals surface area (Å²) in [5, 5.41) is 0.495. The number of esters is 1. The molecule has 0 bridgehead atoms. The number of ketones is 2. The standard InChI is InChI=1S/C32H34N2O9S/c1-18(35)17-42-30(37)20-14-32(15-20)27(36)25-19(2)26(28-33-10-13-41-28)44-29(25)34(31(32)38)16-24(43-21-8-11-40-12-9-21)22-6-4-5-7-23(22)39-3/h4-7,10,13,20-21,24H,8-9,11-12,14-17H2,1-3H3/t20?,24-,32?/m0/s1. The number of aromatic nitrogens is 1. The topological polar surface area (TPSA) is 134 Å². The van der Waals surface area contributed by atoms with Gasteiger partial charge in [0.25, 0.3) is 0 Å². The van der Waals surface area contributed by atoms with Crippen molar-refractivity contribution in [2.45, 2.75) is 51.7 Å². The lowest BCUT2D eigenvalue weighted by Gasteiger charge is -2.49. The number of carbonyl (C=O) groups excluding carboxylic acids is 4. The van der Waals surface area contributed by atoms with Crippen LogP contribution in [-0.4, -0.2) is 68.0 Å². The molecule has 1 atom stereocenters. The highest BCUT2D eigenvalue weighted by atomic mass is 32.1. The number of benzene rings is 1. The highest BCUT2D eigenvalue weighted by molar-refractivity contribution is 7.20. The first kappa shape index (κ1) is 30.2. The van der Waals surface area contributed by atoms with Gasteiger partial charge in [0.05, 0.1) is 42.3 Å². The number of hydrogen-bond acceptors (Lipinski definition) is 11. The second kappa shape index (κ2) is 12.3. The van der Waals surface area contributed by atoms with E-state index in [2.05, 4.69) is 4.98 Å². The number of nitrogens with zero attached hydrogens (tertiary/aromatic N) is 2. The third-order valence-electron chi connectivity index (χ3n) is 8.62. The first-order valence-corrected chi connectivity index (χ1v) is 15.5. The fourth-order valence-corrected chi connectivity index (χ4v) is 7.56. The normalized spacial score (nSPS) is 22.4. The average Bonchev–Trinajstić information content (AvgIpc) is 3.65. The Labute approximate surface area is 258 Å². The van der Waals surface area contributed by atoms with Crippen molar-refractivity contribution in [3.8, 4) is 16.5 Å². The Morgan fingerprint density at radius 1 is 1.18 bits per heavy atom. The van der Waals surface area contributed by atoms with Crippen molar-refractivity contribution in [2.75, 3.05) is 38.4 Å². The van der Waals surface area contributed by atoms with E-state index >= 15 is 0 Å².